The predicted molar refractivity (Wildman–Crippen MR) is 162 cm³/mol. The van der Waals surface area contributed by atoms with E-state index in [4.69, 9.17) is 9.16 Å². The Kier molecular flexibility index (Phi) is 11.0. The van der Waals surface area contributed by atoms with Crippen molar-refractivity contribution in [1.82, 2.24) is 0 Å². The van der Waals surface area contributed by atoms with Gasteiger partial charge in [0.1, 0.15) is 5.76 Å². The third-order valence-corrected chi connectivity index (χ3v) is 14.6. The van der Waals surface area contributed by atoms with Crippen LogP contribution >= 0.6 is 0 Å². The Labute approximate surface area is 234 Å². The molecule has 1 saturated carbocycles. The molecular formula is C33H56O4Si. The van der Waals surface area contributed by atoms with Crippen molar-refractivity contribution >= 4 is 19.9 Å². The van der Waals surface area contributed by atoms with Crippen molar-refractivity contribution in [2.75, 3.05) is 7.11 Å². The van der Waals surface area contributed by atoms with Crippen LogP contribution in [0.3, 0.4) is 0 Å². The zero-order valence-corrected chi connectivity index (χ0v) is 27.4. The predicted octanol–water partition coefficient (Wildman–Crippen LogP) is 8.98. The standard InChI is InChI=1S/C33H56O4Si/c1-12-38(13-2,14-3)37-31(8,9)19-15-20-32(10)26(17-16-24(4)5)23-33(21-18-25(6)7)28(36-11)22-27(34)29(32)30(33)35/h16,18,22,26,29H,12-15,17,19-21,23H2,1-11H3. The number of ketones is 2. The van der Waals surface area contributed by atoms with Gasteiger partial charge in [-0.3, -0.25) is 9.59 Å². The lowest BCUT2D eigenvalue weighted by molar-refractivity contribution is -0.157. The fourth-order valence-corrected chi connectivity index (χ4v) is 10.3. The highest BCUT2D eigenvalue weighted by Gasteiger charge is 2.63. The SMILES string of the molecule is CC[Si](CC)(CC)OC(C)(C)CCCC1(C)C(CC=C(C)C)CC2(CC=C(C)C)C(=O)C1C(=O)C=C2OC. The summed E-state index contributed by atoms with van der Waals surface area (Å²) in [6.07, 6.45) is 11.0. The van der Waals surface area contributed by atoms with Crippen LogP contribution in [-0.4, -0.2) is 32.6 Å². The molecular weight excluding hydrogens is 488 g/mol. The summed E-state index contributed by atoms with van der Waals surface area (Å²) in [6.45, 7) is 21.9. The summed E-state index contributed by atoms with van der Waals surface area (Å²) >= 11 is 0. The first-order valence-electron chi connectivity index (χ1n) is 15.0. The normalized spacial score (nSPS) is 27.6. The molecule has 0 N–H and O–H groups in total. The van der Waals surface area contributed by atoms with Crippen molar-refractivity contribution in [2.24, 2.45) is 22.7 Å². The van der Waals surface area contributed by atoms with Crippen LogP contribution in [0.5, 0.6) is 0 Å². The summed E-state index contributed by atoms with van der Waals surface area (Å²) in [4.78, 5) is 27.9. The number of carbonyl (C=O) groups is 2. The number of hydrogen-bond acceptors (Lipinski definition) is 4. The molecule has 4 nitrogen and oxygen atoms in total. The Morgan fingerprint density at radius 3 is 2.13 bits per heavy atom. The molecule has 0 aromatic carbocycles. The van der Waals surface area contributed by atoms with Gasteiger partial charge < -0.3 is 9.16 Å². The first kappa shape index (κ1) is 32.7. The molecule has 0 radical (unpaired) electrons. The van der Waals surface area contributed by atoms with E-state index in [1.54, 1.807) is 13.2 Å². The van der Waals surface area contributed by atoms with Crippen LogP contribution in [0.15, 0.2) is 35.1 Å². The van der Waals surface area contributed by atoms with E-state index in [1.807, 2.05) is 0 Å². The van der Waals surface area contributed by atoms with Gasteiger partial charge in [-0.15, -0.1) is 0 Å². The maximum absolute atomic E-state index is 14.3. The molecule has 0 heterocycles. The van der Waals surface area contributed by atoms with Crippen molar-refractivity contribution in [3.8, 4) is 0 Å². The van der Waals surface area contributed by atoms with Crippen LogP contribution < -0.4 is 0 Å². The highest BCUT2D eigenvalue weighted by atomic mass is 28.4. The van der Waals surface area contributed by atoms with E-state index in [2.05, 4.69) is 81.4 Å². The lowest BCUT2D eigenvalue weighted by Crippen LogP contribution is -2.59. The molecule has 0 aromatic rings. The number of rotatable bonds is 14. The molecule has 0 aromatic heterocycles. The molecule has 4 atom stereocenters. The minimum atomic E-state index is -1.73. The number of ether oxygens (including phenoxy) is 1. The molecule has 0 amide bonds. The smallest absolute Gasteiger partial charge is 0.192 e. The molecule has 2 rings (SSSR count). The van der Waals surface area contributed by atoms with Crippen LogP contribution in [0.2, 0.25) is 18.1 Å². The van der Waals surface area contributed by atoms with Gasteiger partial charge in [-0.1, -0.05) is 57.4 Å². The van der Waals surface area contributed by atoms with Gasteiger partial charge in [0.15, 0.2) is 19.9 Å². The molecule has 216 valence electrons. The summed E-state index contributed by atoms with van der Waals surface area (Å²) in [5.41, 5.74) is 1.11. The van der Waals surface area contributed by atoms with Gasteiger partial charge in [-0.25, -0.2) is 0 Å². The minimum Gasteiger partial charge on any atom is -0.500 e. The molecule has 2 aliphatic rings. The van der Waals surface area contributed by atoms with E-state index in [9.17, 15) is 9.59 Å². The molecule has 2 bridgehead atoms. The van der Waals surface area contributed by atoms with Crippen molar-refractivity contribution in [3.05, 3.63) is 35.1 Å². The number of carbonyl (C=O) groups excluding carboxylic acids is 2. The first-order valence-corrected chi connectivity index (χ1v) is 17.5. The first-order chi connectivity index (χ1) is 17.7. The van der Waals surface area contributed by atoms with Crippen LogP contribution in [0.1, 0.15) is 108 Å². The third-order valence-electron chi connectivity index (χ3n) is 9.76. The number of methoxy groups -OCH3 is 1. The molecule has 4 unspecified atom stereocenters. The maximum Gasteiger partial charge on any atom is 0.192 e. The van der Waals surface area contributed by atoms with Crippen molar-refractivity contribution in [3.63, 3.8) is 0 Å². The second kappa shape index (κ2) is 12.8. The number of fused-ring (bicyclic) bond motifs is 2. The van der Waals surface area contributed by atoms with E-state index in [0.29, 0.717) is 12.2 Å². The van der Waals surface area contributed by atoms with Crippen molar-refractivity contribution in [1.29, 1.82) is 0 Å². The van der Waals surface area contributed by atoms with E-state index >= 15 is 0 Å². The highest BCUT2D eigenvalue weighted by molar-refractivity contribution is 6.73. The summed E-state index contributed by atoms with van der Waals surface area (Å²) in [7, 11) is -0.124. The largest absolute Gasteiger partial charge is 0.500 e. The Hall–Kier alpha value is -1.46. The second-order valence-corrected chi connectivity index (χ2v) is 18.1. The number of Topliss-reactive ketones (excluding diaryl/α,β-unsaturated/α-hetero) is 1. The van der Waals surface area contributed by atoms with Gasteiger partial charge in [0.05, 0.1) is 24.0 Å². The van der Waals surface area contributed by atoms with E-state index < -0.39 is 25.1 Å². The Balaban J connectivity index is 2.44. The van der Waals surface area contributed by atoms with Gasteiger partial charge in [0, 0.05) is 6.08 Å². The molecule has 2 aliphatic carbocycles. The quantitative estimate of drug-likeness (QED) is 0.124. The van der Waals surface area contributed by atoms with Crippen molar-refractivity contribution in [2.45, 2.75) is 131 Å². The summed E-state index contributed by atoms with van der Waals surface area (Å²) in [5.74, 6) is 0.151. The third kappa shape index (κ3) is 6.81. The molecule has 0 saturated heterocycles. The fourth-order valence-electron chi connectivity index (χ4n) is 7.09. The van der Waals surface area contributed by atoms with Gasteiger partial charge in [0.25, 0.3) is 0 Å². The molecule has 1 fully saturated rings. The Morgan fingerprint density at radius 2 is 1.63 bits per heavy atom. The van der Waals surface area contributed by atoms with Crippen LogP contribution in [0.4, 0.5) is 0 Å². The van der Waals surface area contributed by atoms with Gasteiger partial charge in [-0.2, -0.15) is 0 Å². The highest BCUT2D eigenvalue weighted by Crippen LogP contribution is 2.60. The van der Waals surface area contributed by atoms with E-state index in [1.165, 1.54) is 11.1 Å². The lowest BCUT2D eigenvalue weighted by Gasteiger charge is -2.55. The fraction of sp³-hybridized carbons (Fsp3) is 0.758. The van der Waals surface area contributed by atoms with E-state index in [-0.39, 0.29) is 23.1 Å². The van der Waals surface area contributed by atoms with E-state index in [0.717, 1.165) is 50.2 Å². The average Bonchev–Trinajstić information content (AvgIpc) is 2.84. The van der Waals surface area contributed by atoms with Crippen LogP contribution in [-0.2, 0) is 18.8 Å². The van der Waals surface area contributed by atoms with Gasteiger partial charge >= 0.3 is 0 Å². The Morgan fingerprint density at radius 1 is 1.05 bits per heavy atom. The van der Waals surface area contributed by atoms with Crippen LogP contribution in [0, 0.1) is 22.7 Å². The monoisotopic (exact) mass is 544 g/mol. The van der Waals surface area contributed by atoms with Gasteiger partial charge in [0.2, 0.25) is 0 Å². The van der Waals surface area contributed by atoms with Gasteiger partial charge in [-0.05, 0) is 103 Å². The lowest BCUT2D eigenvalue weighted by atomic mass is 9.47. The average molecular weight is 545 g/mol. The molecule has 0 aliphatic heterocycles. The molecule has 5 heteroatoms. The van der Waals surface area contributed by atoms with Crippen LogP contribution in [0.25, 0.3) is 0 Å². The number of allylic oxidation sites excluding steroid dienone is 6. The summed E-state index contributed by atoms with van der Waals surface area (Å²) in [6, 6.07) is 3.41. The second-order valence-electron chi connectivity index (χ2n) is 13.4. The molecule has 0 spiro atoms. The number of hydrogen-bond donors (Lipinski definition) is 0. The molecule has 38 heavy (non-hydrogen) atoms. The summed E-state index contributed by atoms with van der Waals surface area (Å²) < 4.78 is 12.6. The topological polar surface area (TPSA) is 52.6 Å². The summed E-state index contributed by atoms with van der Waals surface area (Å²) in [5, 5.41) is 0. The minimum absolute atomic E-state index is 0.0696. The zero-order chi connectivity index (χ0) is 28.9. The van der Waals surface area contributed by atoms with Crippen molar-refractivity contribution < 1.29 is 18.8 Å². The zero-order valence-electron chi connectivity index (χ0n) is 26.4. The Bertz CT molecular complexity index is 938. The maximum atomic E-state index is 14.3.